The lowest BCUT2D eigenvalue weighted by Crippen LogP contribution is -2.25. The summed E-state index contributed by atoms with van der Waals surface area (Å²) in [5.41, 5.74) is 5.35. The molecule has 0 saturated heterocycles. The van der Waals surface area contributed by atoms with Gasteiger partial charge in [-0.1, -0.05) is 29.8 Å². The SMILES string of the molecule is CNc1nccc(-c2[nH]c(C3CC3)nc2C2=CCCC(NC(=O)Cc3ccc(Cl)cc3)=C2)n1. The van der Waals surface area contributed by atoms with Crippen LogP contribution >= 0.6 is 11.6 Å². The fourth-order valence-corrected chi connectivity index (χ4v) is 4.06. The quantitative estimate of drug-likeness (QED) is 0.468. The van der Waals surface area contributed by atoms with Crippen LogP contribution in [0, 0.1) is 0 Å². The number of allylic oxidation sites excluding steroid dienone is 4. The number of carbonyl (C=O) groups excluding carboxylic acids is 1. The second-order valence-corrected chi connectivity index (χ2v) is 8.79. The van der Waals surface area contributed by atoms with E-state index in [4.69, 9.17) is 16.6 Å². The van der Waals surface area contributed by atoms with Crippen molar-refractivity contribution in [2.24, 2.45) is 0 Å². The third kappa shape index (κ3) is 4.98. The molecule has 33 heavy (non-hydrogen) atoms. The zero-order valence-electron chi connectivity index (χ0n) is 18.4. The van der Waals surface area contributed by atoms with Crippen molar-refractivity contribution in [3.8, 4) is 11.4 Å². The summed E-state index contributed by atoms with van der Waals surface area (Å²) in [5.74, 6) is 2.00. The van der Waals surface area contributed by atoms with Gasteiger partial charge >= 0.3 is 0 Å². The first-order valence-electron chi connectivity index (χ1n) is 11.2. The standard InChI is InChI=1S/C25H25ClN6O/c1-27-25-28-12-11-20(30-25)23-22(31-24(32-23)16-7-8-16)17-3-2-4-19(14-17)29-21(33)13-15-5-9-18(26)10-6-15/h3,5-6,9-12,14,16H,2,4,7-8,13H2,1H3,(H,29,33)(H,31,32)(H,27,28,30). The molecule has 168 valence electrons. The van der Waals surface area contributed by atoms with Gasteiger partial charge in [0.05, 0.1) is 23.5 Å². The molecule has 2 aromatic heterocycles. The zero-order chi connectivity index (χ0) is 22.8. The average molecular weight is 461 g/mol. The highest BCUT2D eigenvalue weighted by atomic mass is 35.5. The number of amides is 1. The average Bonchev–Trinajstić information content (AvgIpc) is 3.59. The minimum absolute atomic E-state index is 0.0415. The number of carbonyl (C=O) groups is 1. The Morgan fingerprint density at radius 1 is 1.18 bits per heavy atom. The number of anilines is 1. The molecule has 2 aliphatic carbocycles. The minimum Gasteiger partial charge on any atom is -0.357 e. The molecule has 1 fully saturated rings. The Morgan fingerprint density at radius 3 is 2.76 bits per heavy atom. The van der Waals surface area contributed by atoms with Crippen LogP contribution in [0.15, 0.2) is 54.4 Å². The van der Waals surface area contributed by atoms with Gasteiger partial charge in [0, 0.05) is 35.5 Å². The van der Waals surface area contributed by atoms with E-state index >= 15 is 0 Å². The molecule has 3 N–H and O–H groups in total. The highest BCUT2D eigenvalue weighted by Crippen LogP contribution is 2.41. The molecule has 1 saturated carbocycles. The number of imidazole rings is 1. The summed E-state index contributed by atoms with van der Waals surface area (Å²) in [5, 5.41) is 6.73. The third-order valence-corrected chi connectivity index (χ3v) is 6.03. The Morgan fingerprint density at radius 2 is 2.00 bits per heavy atom. The van der Waals surface area contributed by atoms with Gasteiger partial charge in [-0.05, 0) is 55.5 Å². The summed E-state index contributed by atoms with van der Waals surface area (Å²) < 4.78 is 0. The van der Waals surface area contributed by atoms with E-state index in [1.807, 2.05) is 24.3 Å². The van der Waals surface area contributed by atoms with Gasteiger partial charge in [-0.25, -0.2) is 15.0 Å². The lowest BCUT2D eigenvalue weighted by molar-refractivity contribution is -0.119. The van der Waals surface area contributed by atoms with Crippen LogP contribution in [0.4, 0.5) is 5.95 Å². The number of nitrogens with one attached hydrogen (secondary N) is 3. The van der Waals surface area contributed by atoms with E-state index in [9.17, 15) is 4.79 Å². The van der Waals surface area contributed by atoms with Crippen molar-refractivity contribution in [3.63, 3.8) is 0 Å². The maximum atomic E-state index is 12.6. The van der Waals surface area contributed by atoms with E-state index in [0.29, 0.717) is 23.3 Å². The fraction of sp³-hybridized carbons (Fsp3) is 0.280. The van der Waals surface area contributed by atoms with Gasteiger partial charge in [-0.15, -0.1) is 0 Å². The largest absolute Gasteiger partial charge is 0.357 e. The topological polar surface area (TPSA) is 95.6 Å². The normalized spacial score (nSPS) is 15.6. The summed E-state index contributed by atoms with van der Waals surface area (Å²) in [6.07, 6.45) is 10.2. The molecular formula is C25H25ClN6O. The Balaban J connectivity index is 1.39. The van der Waals surface area contributed by atoms with Crippen molar-refractivity contribution in [2.75, 3.05) is 12.4 Å². The Hall–Kier alpha value is -3.45. The van der Waals surface area contributed by atoms with E-state index in [-0.39, 0.29) is 5.91 Å². The predicted octanol–water partition coefficient (Wildman–Crippen LogP) is 4.86. The van der Waals surface area contributed by atoms with Gasteiger partial charge in [0.1, 0.15) is 5.82 Å². The first-order valence-corrected chi connectivity index (χ1v) is 11.5. The number of aromatic nitrogens is 4. The molecule has 0 unspecified atom stereocenters. The number of aromatic amines is 1. The predicted molar refractivity (Wildman–Crippen MR) is 130 cm³/mol. The number of hydrogen-bond acceptors (Lipinski definition) is 5. The Labute approximate surface area is 197 Å². The molecule has 0 spiro atoms. The highest BCUT2D eigenvalue weighted by molar-refractivity contribution is 6.30. The molecular weight excluding hydrogens is 436 g/mol. The summed E-state index contributed by atoms with van der Waals surface area (Å²) in [7, 11) is 1.80. The van der Waals surface area contributed by atoms with Gasteiger partial charge in [-0.2, -0.15) is 0 Å². The molecule has 5 rings (SSSR count). The monoisotopic (exact) mass is 460 g/mol. The van der Waals surface area contributed by atoms with Gasteiger partial charge in [0.2, 0.25) is 11.9 Å². The third-order valence-electron chi connectivity index (χ3n) is 5.78. The van der Waals surface area contributed by atoms with Gasteiger partial charge in [0.25, 0.3) is 0 Å². The highest BCUT2D eigenvalue weighted by Gasteiger charge is 2.29. The van der Waals surface area contributed by atoms with Crippen molar-refractivity contribution in [2.45, 2.75) is 38.0 Å². The second-order valence-electron chi connectivity index (χ2n) is 8.35. The minimum atomic E-state index is -0.0415. The molecule has 1 aromatic carbocycles. The number of H-pyrrole nitrogens is 1. The summed E-state index contributed by atoms with van der Waals surface area (Å²) in [6.45, 7) is 0. The summed E-state index contributed by atoms with van der Waals surface area (Å²) in [6, 6.07) is 9.23. The number of benzene rings is 1. The van der Waals surface area contributed by atoms with Crippen LogP contribution in [0.25, 0.3) is 17.0 Å². The molecule has 0 aliphatic heterocycles. The van der Waals surface area contributed by atoms with Crippen molar-refractivity contribution < 1.29 is 4.79 Å². The van der Waals surface area contributed by atoms with Crippen molar-refractivity contribution in [3.05, 3.63) is 76.5 Å². The van der Waals surface area contributed by atoms with E-state index in [2.05, 4.69) is 31.7 Å². The first kappa shape index (κ1) is 21.4. The lowest BCUT2D eigenvalue weighted by Gasteiger charge is -2.15. The van der Waals surface area contributed by atoms with E-state index in [1.54, 1.807) is 25.4 Å². The molecule has 8 heteroatoms. The lowest BCUT2D eigenvalue weighted by atomic mass is 9.99. The van der Waals surface area contributed by atoms with Crippen LogP contribution in [-0.2, 0) is 11.2 Å². The number of nitrogens with zero attached hydrogens (tertiary/aromatic N) is 3. The van der Waals surface area contributed by atoms with Crippen molar-refractivity contribution in [1.29, 1.82) is 0 Å². The molecule has 7 nitrogen and oxygen atoms in total. The molecule has 3 aromatic rings. The van der Waals surface area contributed by atoms with Crippen molar-refractivity contribution in [1.82, 2.24) is 25.3 Å². The van der Waals surface area contributed by atoms with Crippen LogP contribution < -0.4 is 10.6 Å². The Kier molecular flexibility index (Phi) is 5.96. The van der Waals surface area contributed by atoms with Crippen LogP contribution in [0.2, 0.25) is 5.02 Å². The van der Waals surface area contributed by atoms with Crippen molar-refractivity contribution >= 4 is 29.0 Å². The summed E-state index contributed by atoms with van der Waals surface area (Å²) in [4.78, 5) is 29.9. The molecule has 2 heterocycles. The smallest absolute Gasteiger partial charge is 0.228 e. The van der Waals surface area contributed by atoms with E-state index in [0.717, 1.165) is 65.4 Å². The number of halogens is 1. The molecule has 0 atom stereocenters. The zero-order valence-corrected chi connectivity index (χ0v) is 19.1. The summed E-state index contributed by atoms with van der Waals surface area (Å²) >= 11 is 5.94. The van der Waals surface area contributed by atoms with E-state index < -0.39 is 0 Å². The van der Waals surface area contributed by atoms with E-state index in [1.165, 1.54) is 0 Å². The number of rotatable bonds is 7. The maximum Gasteiger partial charge on any atom is 0.228 e. The van der Waals surface area contributed by atoms with Crippen LogP contribution in [0.5, 0.6) is 0 Å². The Bertz CT molecular complexity index is 1240. The molecule has 0 bridgehead atoms. The maximum absolute atomic E-state index is 12.6. The van der Waals surface area contributed by atoms with Crippen LogP contribution in [0.1, 0.15) is 48.7 Å². The van der Waals surface area contributed by atoms with Gasteiger partial charge in [0.15, 0.2) is 0 Å². The van der Waals surface area contributed by atoms with Crippen LogP contribution in [-0.4, -0.2) is 32.9 Å². The van der Waals surface area contributed by atoms with Gasteiger partial charge in [-0.3, -0.25) is 4.79 Å². The molecule has 1 amide bonds. The fourth-order valence-electron chi connectivity index (χ4n) is 3.93. The molecule has 0 radical (unpaired) electrons. The number of hydrogen-bond donors (Lipinski definition) is 3. The first-order chi connectivity index (χ1) is 16.1. The van der Waals surface area contributed by atoms with Crippen LogP contribution in [0.3, 0.4) is 0 Å². The second kappa shape index (κ2) is 9.19. The molecule has 2 aliphatic rings. The van der Waals surface area contributed by atoms with Gasteiger partial charge < -0.3 is 15.6 Å².